The molecule has 1 unspecified atom stereocenters. The second-order valence-corrected chi connectivity index (χ2v) is 7.31. The number of aromatic amines is 1. The Kier molecular flexibility index (Phi) is 5.26. The number of rotatable bonds is 4. The van der Waals surface area contributed by atoms with Gasteiger partial charge in [0.2, 0.25) is 0 Å². The first-order valence-electron chi connectivity index (χ1n) is 9.67. The molecule has 3 aromatic rings. The Labute approximate surface area is 167 Å². The quantitative estimate of drug-likeness (QED) is 0.628. The van der Waals surface area contributed by atoms with Crippen LogP contribution in [0.3, 0.4) is 0 Å². The van der Waals surface area contributed by atoms with Crippen molar-refractivity contribution >= 4 is 11.6 Å². The van der Waals surface area contributed by atoms with Crippen LogP contribution in [-0.4, -0.2) is 34.2 Å². The number of carbonyl (C=O) groups excluding carboxylic acids is 1. The van der Waals surface area contributed by atoms with Gasteiger partial charge in [0.1, 0.15) is 17.1 Å². The lowest BCUT2D eigenvalue weighted by atomic mass is 9.95. The molecule has 0 radical (unpaired) electrons. The molecule has 1 aliphatic heterocycles. The zero-order valence-electron chi connectivity index (χ0n) is 16.4. The molecule has 3 N–H and O–H groups in total. The molecule has 1 amide bonds. The maximum atomic E-state index is 12.7. The van der Waals surface area contributed by atoms with E-state index in [9.17, 15) is 9.59 Å². The fourth-order valence-electron chi connectivity index (χ4n) is 3.57. The van der Waals surface area contributed by atoms with Crippen molar-refractivity contribution < 1.29 is 9.21 Å². The van der Waals surface area contributed by atoms with Gasteiger partial charge in [0.05, 0.1) is 0 Å². The molecule has 1 atom stereocenters. The Hall–Kier alpha value is -3.26. The lowest BCUT2D eigenvalue weighted by Crippen LogP contribution is -2.30. The average Bonchev–Trinajstić information content (AvgIpc) is 3.15. The van der Waals surface area contributed by atoms with Crippen molar-refractivity contribution in [3.8, 4) is 11.4 Å². The number of hydrogen-bond donors (Lipinski definition) is 3. The lowest BCUT2D eigenvalue weighted by molar-refractivity contribution is 0.102. The average molecular weight is 393 g/mol. The summed E-state index contributed by atoms with van der Waals surface area (Å²) >= 11 is 0. The van der Waals surface area contributed by atoms with Crippen LogP contribution < -0.4 is 16.3 Å². The van der Waals surface area contributed by atoms with E-state index >= 15 is 0 Å². The molecule has 0 bridgehead atoms. The minimum absolute atomic E-state index is 0.0335. The third-order valence-electron chi connectivity index (χ3n) is 5.09. The van der Waals surface area contributed by atoms with Gasteiger partial charge in [0.25, 0.3) is 5.91 Å². The minimum atomic E-state index is -0.601. The number of H-pyrrole nitrogens is 1. The molecule has 8 nitrogen and oxygen atoms in total. The van der Waals surface area contributed by atoms with Gasteiger partial charge in [0, 0.05) is 23.7 Å². The van der Waals surface area contributed by atoms with Crippen molar-refractivity contribution in [3.63, 3.8) is 0 Å². The SMILES string of the molecule is Cc1nc(-c2ccc(NC(=O)c3c(C)cc(C4CCCNC4)oc3=O)cc2)n[nH]1. The standard InChI is InChI=1S/C21H23N5O3/c1-12-10-17(15-4-3-9-22-11-15)29-21(28)18(12)20(27)24-16-7-5-14(6-8-16)19-23-13(2)25-26-19/h5-8,10,15,22H,3-4,9,11H2,1-2H3,(H,24,27)(H,23,25,26). The summed E-state index contributed by atoms with van der Waals surface area (Å²) in [6.07, 6.45) is 2.01. The fourth-order valence-corrected chi connectivity index (χ4v) is 3.57. The predicted molar refractivity (Wildman–Crippen MR) is 109 cm³/mol. The van der Waals surface area contributed by atoms with Crippen molar-refractivity contribution in [1.29, 1.82) is 0 Å². The number of amides is 1. The van der Waals surface area contributed by atoms with Crippen LogP contribution in [0.25, 0.3) is 11.4 Å². The number of anilines is 1. The van der Waals surface area contributed by atoms with Crippen LogP contribution in [0, 0.1) is 13.8 Å². The molecule has 3 heterocycles. The molecule has 0 aliphatic carbocycles. The normalized spacial score (nSPS) is 16.6. The van der Waals surface area contributed by atoms with Gasteiger partial charge in [0.15, 0.2) is 5.82 Å². The number of benzene rings is 1. The molecule has 29 heavy (non-hydrogen) atoms. The van der Waals surface area contributed by atoms with Crippen molar-refractivity contribution in [1.82, 2.24) is 20.5 Å². The maximum Gasteiger partial charge on any atom is 0.349 e. The molecule has 8 heteroatoms. The van der Waals surface area contributed by atoms with Crippen LogP contribution in [-0.2, 0) is 0 Å². The van der Waals surface area contributed by atoms with E-state index in [-0.39, 0.29) is 11.5 Å². The highest BCUT2D eigenvalue weighted by Crippen LogP contribution is 2.24. The van der Waals surface area contributed by atoms with Gasteiger partial charge in [-0.15, -0.1) is 0 Å². The monoisotopic (exact) mass is 393 g/mol. The Bertz CT molecular complexity index is 1080. The highest BCUT2D eigenvalue weighted by atomic mass is 16.4. The Morgan fingerprint density at radius 2 is 2.03 bits per heavy atom. The van der Waals surface area contributed by atoms with Crippen LogP contribution in [0.1, 0.15) is 46.3 Å². The number of aromatic nitrogens is 3. The number of carbonyl (C=O) groups is 1. The molecule has 1 aliphatic rings. The summed E-state index contributed by atoms with van der Waals surface area (Å²) in [6.45, 7) is 5.36. The van der Waals surface area contributed by atoms with E-state index in [1.807, 2.05) is 25.1 Å². The van der Waals surface area contributed by atoms with Gasteiger partial charge < -0.3 is 15.1 Å². The van der Waals surface area contributed by atoms with Crippen molar-refractivity contribution in [2.24, 2.45) is 0 Å². The lowest BCUT2D eigenvalue weighted by Gasteiger charge is -2.22. The van der Waals surface area contributed by atoms with Crippen LogP contribution in [0.4, 0.5) is 5.69 Å². The van der Waals surface area contributed by atoms with Gasteiger partial charge in [-0.05, 0) is 69.1 Å². The van der Waals surface area contributed by atoms with E-state index in [0.29, 0.717) is 22.8 Å². The fraction of sp³-hybridized carbons (Fsp3) is 0.333. The maximum absolute atomic E-state index is 12.7. The van der Waals surface area contributed by atoms with E-state index < -0.39 is 11.5 Å². The predicted octanol–water partition coefficient (Wildman–Crippen LogP) is 2.76. The van der Waals surface area contributed by atoms with Crippen LogP contribution in [0.2, 0.25) is 0 Å². The Morgan fingerprint density at radius 3 is 2.66 bits per heavy atom. The second kappa shape index (κ2) is 8.00. The Balaban J connectivity index is 1.51. The zero-order valence-corrected chi connectivity index (χ0v) is 16.4. The molecule has 4 rings (SSSR count). The van der Waals surface area contributed by atoms with Gasteiger partial charge in [-0.3, -0.25) is 9.89 Å². The van der Waals surface area contributed by atoms with Crippen molar-refractivity contribution in [2.75, 3.05) is 18.4 Å². The van der Waals surface area contributed by atoms with Crippen LogP contribution >= 0.6 is 0 Å². The highest BCUT2D eigenvalue weighted by molar-refractivity contribution is 6.05. The molecule has 2 aromatic heterocycles. The molecular formula is C21H23N5O3. The van der Waals surface area contributed by atoms with E-state index in [1.165, 1.54) is 0 Å². The number of aryl methyl sites for hydroxylation is 2. The summed E-state index contributed by atoms with van der Waals surface area (Å²) in [5.41, 5.74) is 1.45. The van der Waals surface area contributed by atoms with Gasteiger partial charge in [-0.2, -0.15) is 5.10 Å². The summed E-state index contributed by atoms with van der Waals surface area (Å²) in [4.78, 5) is 29.5. The minimum Gasteiger partial charge on any atom is -0.427 e. The zero-order chi connectivity index (χ0) is 20.4. The van der Waals surface area contributed by atoms with E-state index in [4.69, 9.17) is 4.42 Å². The summed E-state index contributed by atoms with van der Waals surface area (Å²) in [5.74, 6) is 1.64. The third kappa shape index (κ3) is 4.12. The molecule has 0 saturated carbocycles. The molecule has 1 saturated heterocycles. The molecule has 1 aromatic carbocycles. The first kappa shape index (κ1) is 19.1. The number of piperidine rings is 1. The summed E-state index contributed by atoms with van der Waals surface area (Å²) in [5, 5.41) is 13.0. The molecular weight excluding hydrogens is 370 g/mol. The summed E-state index contributed by atoms with van der Waals surface area (Å²) < 4.78 is 5.49. The topological polar surface area (TPSA) is 113 Å². The van der Waals surface area contributed by atoms with E-state index in [2.05, 4.69) is 25.8 Å². The molecule has 150 valence electrons. The largest absolute Gasteiger partial charge is 0.427 e. The van der Waals surface area contributed by atoms with Crippen molar-refractivity contribution in [2.45, 2.75) is 32.6 Å². The summed E-state index contributed by atoms with van der Waals surface area (Å²) in [6, 6.07) is 8.93. The first-order chi connectivity index (χ1) is 14.0. The van der Waals surface area contributed by atoms with Gasteiger partial charge >= 0.3 is 5.63 Å². The van der Waals surface area contributed by atoms with Crippen molar-refractivity contribution in [3.05, 3.63) is 63.5 Å². The van der Waals surface area contributed by atoms with Gasteiger partial charge in [-0.1, -0.05) is 0 Å². The number of nitrogens with one attached hydrogen (secondary N) is 3. The first-order valence-corrected chi connectivity index (χ1v) is 9.67. The third-order valence-corrected chi connectivity index (χ3v) is 5.09. The van der Waals surface area contributed by atoms with Crippen LogP contribution in [0.15, 0.2) is 39.5 Å². The van der Waals surface area contributed by atoms with Gasteiger partial charge in [-0.25, -0.2) is 9.78 Å². The molecule has 1 fully saturated rings. The number of hydrogen-bond acceptors (Lipinski definition) is 6. The molecule has 0 spiro atoms. The van der Waals surface area contributed by atoms with E-state index in [1.54, 1.807) is 19.1 Å². The Morgan fingerprint density at radius 1 is 1.24 bits per heavy atom. The van der Waals surface area contributed by atoms with E-state index in [0.717, 1.165) is 37.3 Å². The summed E-state index contributed by atoms with van der Waals surface area (Å²) in [7, 11) is 0. The van der Waals surface area contributed by atoms with Crippen LogP contribution in [0.5, 0.6) is 0 Å². The smallest absolute Gasteiger partial charge is 0.349 e. The number of nitrogens with zero attached hydrogens (tertiary/aromatic N) is 2. The second-order valence-electron chi connectivity index (χ2n) is 7.31. The highest BCUT2D eigenvalue weighted by Gasteiger charge is 2.22.